The largest absolute Gasteiger partial charge is 0.338 e. The number of urea groups is 1. The molecule has 4 nitrogen and oxygen atoms in total. The molecule has 1 N–H and O–H groups in total. The molecule has 1 fully saturated rings. The molecule has 26 heavy (non-hydrogen) atoms. The third-order valence-corrected chi connectivity index (χ3v) is 5.55. The molecule has 4 heteroatoms. The van der Waals surface area contributed by atoms with Crippen molar-refractivity contribution in [3.63, 3.8) is 0 Å². The van der Waals surface area contributed by atoms with Crippen LogP contribution in [0.4, 0.5) is 4.79 Å². The summed E-state index contributed by atoms with van der Waals surface area (Å²) in [7, 11) is 0. The van der Waals surface area contributed by atoms with Crippen LogP contribution in [0.2, 0.25) is 0 Å². The second-order valence-corrected chi connectivity index (χ2v) is 7.51. The minimum absolute atomic E-state index is 0.116. The number of aryl methyl sites for hydroxylation is 1. The average molecular weight is 356 g/mol. The molecule has 1 aromatic carbocycles. The van der Waals surface area contributed by atoms with Crippen LogP contribution in [0.1, 0.15) is 44.1 Å². The lowest BCUT2D eigenvalue weighted by atomic mass is 9.97. The summed E-state index contributed by atoms with van der Waals surface area (Å²) in [5.74, 6) is 0. The number of amides is 2. The van der Waals surface area contributed by atoms with Crippen molar-refractivity contribution in [1.82, 2.24) is 15.1 Å². The minimum Gasteiger partial charge on any atom is -0.338 e. The molecule has 1 aliphatic carbocycles. The van der Waals surface area contributed by atoms with E-state index in [-0.39, 0.29) is 6.03 Å². The summed E-state index contributed by atoms with van der Waals surface area (Å²) in [5, 5.41) is 3.11. The number of benzene rings is 1. The van der Waals surface area contributed by atoms with Gasteiger partial charge >= 0.3 is 6.03 Å². The van der Waals surface area contributed by atoms with E-state index in [9.17, 15) is 4.79 Å². The SMILES string of the molecule is O=C(NCCC1=CCCCC1)N1CCN(CCCc2ccccc2)CC1. The van der Waals surface area contributed by atoms with Gasteiger partial charge in [-0.05, 0) is 57.1 Å². The monoisotopic (exact) mass is 355 g/mol. The highest BCUT2D eigenvalue weighted by Gasteiger charge is 2.20. The van der Waals surface area contributed by atoms with E-state index in [4.69, 9.17) is 0 Å². The first-order valence-corrected chi connectivity index (χ1v) is 10.3. The number of nitrogens with one attached hydrogen (secondary N) is 1. The zero-order valence-electron chi connectivity index (χ0n) is 16.0. The summed E-state index contributed by atoms with van der Waals surface area (Å²) in [4.78, 5) is 16.8. The molecule has 2 aliphatic rings. The topological polar surface area (TPSA) is 35.6 Å². The van der Waals surface area contributed by atoms with Crippen LogP contribution in [0.3, 0.4) is 0 Å². The van der Waals surface area contributed by atoms with Gasteiger partial charge in [0.05, 0.1) is 0 Å². The van der Waals surface area contributed by atoms with E-state index >= 15 is 0 Å². The first kappa shape index (κ1) is 19.0. The number of rotatable bonds is 7. The standard InChI is InChI=1S/C22H33N3O/c26-22(23-14-13-21-10-5-2-6-11-21)25-18-16-24(17-19-25)15-7-12-20-8-3-1-4-9-20/h1,3-4,8-10H,2,5-7,11-19H2,(H,23,26). The second-order valence-electron chi connectivity index (χ2n) is 7.51. The number of nitrogens with zero attached hydrogens (tertiary/aromatic N) is 2. The van der Waals surface area contributed by atoms with Crippen molar-refractivity contribution in [3.05, 3.63) is 47.5 Å². The molecule has 3 rings (SSSR count). The van der Waals surface area contributed by atoms with Gasteiger partial charge in [-0.3, -0.25) is 4.90 Å². The molecule has 1 aliphatic heterocycles. The van der Waals surface area contributed by atoms with Gasteiger partial charge in [0.15, 0.2) is 0 Å². The summed E-state index contributed by atoms with van der Waals surface area (Å²) >= 11 is 0. The molecule has 1 heterocycles. The van der Waals surface area contributed by atoms with E-state index in [0.717, 1.165) is 52.1 Å². The van der Waals surface area contributed by atoms with Crippen molar-refractivity contribution in [1.29, 1.82) is 0 Å². The lowest BCUT2D eigenvalue weighted by Gasteiger charge is -2.34. The number of carbonyl (C=O) groups excluding carboxylic acids is 1. The fourth-order valence-electron chi connectivity index (χ4n) is 3.90. The number of carbonyl (C=O) groups is 1. The second kappa shape index (κ2) is 10.4. The van der Waals surface area contributed by atoms with Crippen molar-refractivity contribution in [2.45, 2.75) is 44.9 Å². The van der Waals surface area contributed by atoms with Gasteiger partial charge in [0, 0.05) is 32.7 Å². The Kier molecular flexibility index (Phi) is 7.56. The molecular weight excluding hydrogens is 322 g/mol. The molecule has 1 saturated heterocycles. The van der Waals surface area contributed by atoms with Crippen LogP contribution in [-0.4, -0.2) is 55.1 Å². The van der Waals surface area contributed by atoms with Crippen molar-refractivity contribution in [3.8, 4) is 0 Å². The van der Waals surface area contributed by atoms with Gasteiger partial charge in [-0.25, -0.2) is 4.79 Å². The molecule has 0 bridgehead atoms. The summed E-state index contributed by atoms with van der Waals surface area (Å²) in [6, 6.07) is 10.8. The van der Waals surface area contributed by atoms with Gasteiger partial charge < -0.3 is 10.2 Å². The zero-order valence-corrected chi connectivity index (χ0v) is 16.0. The van der Waals surface area contributed by atoms with Crippen LogP contribution in [0.5, 0.6) is 0 Å². The Balaban J connectivity index is 1.28. The van der Waals surface area contributed by atoms with E-state index in [0.29, 0.717) is 0 Å². The van der Waals surface area contributed by atoms with Crippen molar-refractivity contribution < 1.29 is 4.79 Å². The highest BCUT2D eigenvalue weighted by Crippen LogP contribution is 2.19. The Labute approximate surface area is 158 Å². The van der Waals surface area contributed by atoms with Crippen molar-refractivity contribution in [2.75, 3.05) is 39.3 Å². The Morgan fingerprint density at radius 3 is 2.54 bits per heavy atom. The van der Waals surface area contributed by atoms with E-state index in [1.165, 1.54) is 43.2 Å². The van der Waals surface area contributed by atoms with Gasteiger partial charge in [0.2, 0.25) is 0 Å². The van der Waals surface area contributed by atoms with E-state index in [1.807, 2.05) is 4.90 Å². The van der Waals surface area contributed by atoms with Gasteiger partial charge in [0.25, 0.3) is 0 Å². The summed E-state index contributed by atoms with van der Waals surface area (Å²) in [6.45, 7) is 5.58. The molecule has 2 amide bonds. The number of hydrogen-bond acceptors (Lipinski definition) is 2. The Bertz CT molecular complexity index is 576. The Morgan fingerprint density at radius 1 is 1.00 bits per heavy atom. The van der Waals surface area contributed by atoms with Gasteiger partial charge in [-0.2, -0.15) is 0 Å². The van der Waals surface area contributed by atoms with Gasteiger partial charge in [0.1, 0.15) is 0 Å². The van der Waals surface area contributed by atoms with Crippen LogP contribution >= 0.6 is 0 Å². The first-order valence-electron chi connectivity index (χ1n) is 10.3. The molecule has 0 atom stereocenters. The predicted octanol–water partition coefficient (Wildman–Crippen LogP) is 3.84. The van der Waals surface area contributed by atoms with Crippen LogP contribution in [-0.2, 0) is 6.42 Å². The van der Waals surface area contributed by atoms with Gasteiger partial charge in [-0.15, -0.1) is 0 Å². The average Bonchev–Trinajstić information content (AvgIpc) is 2.70. The molecule has 0 unspecified atom stereocenters. The third-order valence-electron chi connectivity index (χ3n) is 5.55. The lowest BCUT2D eigenvalue weighted by Crippen LogP contribution is -2.52. The number of piperazine rings is 1. The van der Waals surface area contributed by atoms with E-state index in [2.05, 4.69) is 46.6 Å². The van der Waals surface area contributed by atoms with Crippen molar-refractivity contribution >= 4 is 6.03 Å². The number of hydrogen-bond donors (Lipinski definition) is 1. The molecule has 1 aromatic rings. The normalized spacial score (nSPS) is 18.5. The Hall–Kier alpha value is -1.81. The van der Waals surface area contributed by atoms with E-state index < -0.39 is 0 Å². The van der Waals surface area contributed by atoms with Crippen molar-refractivity contribution in [2.24, 2.45) is 0 Å². The molecule has 0 aromatic heterocycles. The molecule has 0 saturated carbocycles. The maximum absolute atomic E-state index is 12.3. The predicted molar refractivity (Wildman–Crippen MR) is 107 cm³/mol. The van der Waals surface area contributed by atoms with Crippen LogP contribution in [0, 0.1) is 0 Å². The summed E-state index contributed by atoms with van der Waals surface area (Å²) < 4.78 is 0. The van der Waals surface area contributed by atoms with E-state index in [1.54, 1.807) is 0 Å². The van der Waals surface area contributed by atoms with Gasteiger partial charge in [-0.1, -0.05) is 42.0 Å². The summed E-state index contributed by atoms with van der Waals surface area (Å²) in [6.07, 6.45) is 10.8. The van der Waals surface area contributed by atoms with Crippen LogP contribution in [0.15, 0.2) is 42.0 Å². The first-order chi connectivity index (χ1) is 12.8. The highest BCUT2D eigenvalue weighted by molar-refractivity contribution is 5.74. The van der Waals surface area contributed by atoms with Crippen LogP contribution < -0.4 is 5.32 Å². The minimum atomic E-state index is 0.116. The maximum atomic E-state index is 12.3. The fourth-order valence-corrected chi connectivity index (χ4v) is 3.90. The molecule has 142 valence electrons. The third kappa shape index (κ3) is 6.17. The Morgan fingerprint density at radius 2 is 1.81 bits per heavy atom. The maximum Gasteiger partial charge on any atom is 0.317 e. The highest BCUT2D eigenvalue weighted by atomic mass is 16.2. The fraction of sp³-hybridized carbons (Fsp3) is 0.591. The zero-order chi connectivity index (χ0) is 18.0. The molecule has 0 spiro atoms. The van der Waals surface area contributed by atoms with Crippen LogP contribution in [0.25, 0.3) is 0 Å². The summed E-state index contributed by atoms with van der Waals surface area (Å²) in [5.41, 5.74) is 2.94. The molecular formula is C22H33N3O. The lowest BCUT2D eigenvalue weighted by molar-refractivity contribution is 0.138. The quantitative estimate of drug-likeness (QED) is 0.755. The molecule has 0 radical (unpaired) electrons. The smallest absolute Gasteiger partial charge is 0.317 e. The number of allylic oxidation sites excluding steroid dienone is 1.